The molecule has 0 saturated carbocycles. The van der Waals surface area contributed by atoms with Crippen LogP contribution in [-0.2, 0) is 0 Å². The van der Waals surface area contributed by atoms with Gasteiger partial charge < -0.3 is 5.32 Å². The van der Waals surface area contributed by atoms with Crippen LogP contribution in [0.4, 0.5) is 0 Å². The molecule has 0 amide bonds. The number of thioether (sulfide) groups is 1. The summed E-state index contributed by atoms with van der Waals surface area (Å²) in [6.07, 6.45) is 0. The van der Waals surface area contributed by atoms with Gasteiger partial charge in [0.25, 0.3) is 0 Å². The fourth-order valence-corrected chi connectivity index (χ4v) is 3.65. The minimum atomic E-state index is -0.914. The molecule has 0 fully saturated rings. The highest BCUT2D eigenvalue weighted by Crippen LogP contribution is 2.11. The molecule has 1 nitrogen and oxygen atoms in total. The summed E-state index contributed by atoms with van der Waals surface area (Å²) in [5.74, 6) is 0. The molecule has 0 aromatic carbocycles. The number of thiocarbonyl (C=S) groups is 1. The van der Waals surface area contributed by atoms with Crippen molar-refractivity contribution >= 4 is 36.4 Å². The first-order chi connectivity index (χ1) is 4.95. The summed E-state index contributed by atoms with van der Waals surface area (Å²) in [5, 5.41) is 4.36. The first-order valence-corrected chi connectivity index (χ1v) is 8.96. The average molecular weight is 207 g/mol. The van der Waals surface area contributed by atoms with Crippen molar-refractivity contribution in [3.05, 3.63) is 0 Å². The summed E-state index contributed by atoms with van der Waals surface area (Å²) in [6.45, 7) is 10.1. The normalized spacial score (nSPS) is 11.3. The van der Waals surface area contributed by atoms with E-state index in [1.165, 1.54) is 5.38 Å². The number of hydrogen-bond donors (Lipinski definition) is 1. The molecule has 0 spiro atoms. The third kappa shape index (κ3) is 8.36. The van der Waals surface area contributed by atoms with Crippen molar-refractivity contribution in [2.75, 3.05) is 11.9 Å². The zero-order chi connectivity index (χ0) is 8.91. The lowest BCUT2D eigenvalue weighted by molar-refractivity contribution is 0.995. The van der Waals surface area contributed by atoms with Crippen molar-refractivity contribution in [1.82, 2.24) is 5.32 Å². The molecule has 0 radical (unpaired) electrons. The highest BCUT2D eigenvalue weighted by molar-refractivity contribution is 8.23. The molecule has 0 aromatic rings. The predicted molar refractivity (Wildman–Crippen MR) is 62.1 cm³/mol. The molecule has 1 N–H and O–H groups in total. The first-order valence-electron chi connectivity index (χ1n) is 3.86. The fraction of sp³-hybridized carbons (Fsp3) is 0.857. The fourth-order valence-electron chi connectivity index (χ4n) is 0.477. The maximum Gasteiger partial charge on any atom is 0.133 e. The van der Waals surface area contributed by atoms with Crippen molar-refractivity contribution in [1.29, 1.82) is 0 Å². The molecule has 0 aliphatic carbocycles. The lowest BCUT2D eigenvalue weighted by Gasteiger charge is -2.15. The summed E-state index contributed by atoms with van der Waals surface area (Å²) < 4.78 is 0.954. The van der Waals surface area contributed by atoms with E-state index >= 15 is 0 Å². The Morgan fingerprint density at radius 2 is 2.00 bits per heavy atom. The Morgan fingerprint density at radius 3 is 2.36 bits per heavy atom. The van der Waals surface area contributed by atoms with Crippen molar-refractivity contribution in [2.24, 2.45) is 0 Å². The van der Waals surface area contributed by atoms with Crippen LogP contribution < -0.4 is 5.32 Å². The lowest BCUT2D eigenvalue weighted by Crippen LogP contribution is -2.27. The van der Waals surface area contributed by atoms with Crippen LogP contribution in [0, 0.1) is 0 Å². The van der Waals surface area contributed by atoms with E-state index in [0.29, 0.717) is 0 Å². The molecule has 66 valence electrons. The number of nitrogens with one attached hydrogen (secondary N) is 1. The highest BCUT2D eigenvalue weighted by Gasteiger charge is 2.13. The molecule has 0 atom stereocenters. The summed E-state index contributed by atoms with van der Waals surface area (Å²) in [6, 6.07) is 0. The molecular formula is C7H17NS2Si. The van der Waals surface area contributed by atoms with E-state index in [4.69, 9.17) is 12.2 Å². The quantitative estimate of drug-likeness (QED) is 0.564. The first kappa shape index (κ1) is 11.5. The minimum absolute atomic E-state index is 0.914. The van der Waals surface area contributed by atoms with Crippen molar-refractivity contribution < 1.29 is 0 Å². The predicted octanol–water partition coefficient (Wildman–Crippen LogP) is 2.49. The average Bonchev–Trinajstić information content (AvgIpc) is 1.83. The van der Waals surface area contributed by atoms with Gasteiger partial charge in [0.2, 0.25) is 0 Å². The van der Waals surface area contributed by atoms with E-state index in [1.54, 1.807) is 11.8 Å². The highest BCUT2D eigenvalue weighted by atomic mass is 32.2. The summed E-state index contributed by atoms with van der Waals surface area (Å²) in [5.41, 5.74) is 0. The summed E-state index contributed by atoms with van der Waals surface area (Å²) in [4.78, 5) is 0. The Kier molecular flexibility index (Phi) is 5.38. The van der Waals surface area contributed by atoms with Crippen LogP contribution in [0.2, 0.25) is 19.6 Å². The van der Waals surface area contributed by atoms with Gasteiger partial charge in [0.1, 0.15) is 4.32 Å². The second-order valence-corrected chi connectivity index (χ2v) is 11.3. The maximum atomic E-state index is 5.10. The van der Waals surface area contributed by atoms with Gasteiger partial charge in [-0.25, -0.2) is 0 Å². The van der Waals surface area contributed by atoms with Gasteiger partial charge in [0, 0.05) is 6.54 Å². The van der Waals surface area contributed by atoms with Crippen LogP contribution in [0.1, 0.15) is 6.92 Å². The van der Waals surface area contributed by atoms with E-state index in [-0.39, 0.29) is 0 Å². The van der Waals surface area contributed by atoms with Crippen LogP contribution in [0.5, 0.6) is 0 Å². The second-order valence-electron chi connectivity index (χ2n) is 3.67. The molecule has 0 aliphatic heterocycles. The van der Waals surface area contributed by atoms with Gasteiger partial charge in [-0.15, -0.1) is 11.8 Å². The van der Waals surface area contributed by atoms with E-state index in [0.717, 1.165) is 10.9 Å². The Balaban J connectivity index is 3.46. The van der Waals surface area contributed by atoms with Gasteiger partial charge in [-0.3, -0.25) is 0 Å². The molecule has 0 aromatic heterocycles. The Bertz CT molecular complexity index is 131. The third-order valence-electron chi connectivity index (χ3n) is 0.957. The molecule has 0 bridgehead atoms. The molecule has 0 heterocycles. The van der Waals surface area contributed by atoms with Crippen LogP contribution in [-0.4, -0.2) is 24.3 Å². The van der Waals surface area contributed by atoms with Crippen LogP contribution in [0.25, 0.3) is 0 Å². The molecule has 0 saturated heterocycles. The number of hydrogen-bond acceptors (Lipinski definition) is 2. The van der Waals surface area contributed by atoms with Gasteiger partial charge >= 0.3 is 0 Å². The van der Waals surface area contributed by atoms with Crippen molar-refractivity contribution in [2.45, 2.75) is 26.6 Å². The van der Waals surface area contributed by atoms with Gasteiger partial charge in [-0.1, -0.05) is 31.9 Å². The minimum Gasteiger partial charge on any atom is -0.371 e. The standard InChI is InChI=1S/C7H17NS2Si/c1-5-8-7(9)10-6-11(2,3)4/h5-6H2,1-4H3,(H,8,9). The third-order valence-corrected chi connectivity index (χ3v) is 5.90. The second kappa shape index (κ2) is 5.16. The van der Waals surface area contributed by atoms with E-state index in [2.05, 4.69) is 31.9 Å². The molecule has 0 rings (SSSR count). The topological polar surface area (TPSA) is 12.0 Å². The van der Waals surface area contributed by atoms with Gasteiger partial charge in [0.05, 0.1) is 8.07 Å². The van der Waals surface area contributed by atoms with Crippen LogP contribution in [0.15, 0.2) is 0 Å². The summed E-state index contributed by atoms with van der Waals surface area (Å²) >= 11 is 6.89. The molecule has 0 aliphatic rings. The molecular weight excluding hydrogens is 190 g/mol. The monoisotopic (exact) mass is 207 g/mol. The molecule has 11 heavy (non-hydrogen) atoms. The van der Waals surface area contributed by atoms with Gasteiger partial charge in [-0.05, 0) is 12.3 Å². The van der Waals surface area contributed by atoms with Gasteiger partial charge in [-0.2, -0.15) is 0 Å². The zero-order valence-electron chi connectivity index (χ0n) is 7.73. The molecule has 0 unspecified atom stereocenters. The van der Waals surface area contributed by atoms with Crippen molar-refractivity contribution in [3.8, 4) is 0 Å². The van der Waals surface area contributed by atoms with Gasteiger partial charge in [0.15, 0.2) is 0 Å². The zero-order valence-corrected chi connectivity index (χ0v) is 10.4. The van der Waals surface area contributed by atoms with Crippen molar-refractivity contribution in [3.63, 3.8) is 0 Å². The molecule has 4 heteroatoms. The smallest absolute Gasteiger partial charge is 0.133 e. The Hall–Kier alpha value is 0.457. The van der Waals surface area contributed by atoms with Crippen LogP contribution >= 0.6 is 24.0 Å². The van der Waals surface area contributed by atoms with E-state index in [9.17, 15) is 0 Å². The summed E-state index contributed by atoms with van der Waals surface area (Å²) in [7, 11) is -0.914. The van der Waals surface area contributed by atoms with E-state index < -0.39 is 8.07 Å². The van der Waals surface area contributed by atoms with Crippen LogP contribution in [0.3, 0.4) is 0 Å². The Morgan fingerprint density at radius 1 is 1.45 bits per heavy atom. The van der Waals surface area contributed by atoms with E-state index in [1.807, 2.05) is 0 Å². The lowest BCUT2D eigenvalue weighted by atomic mass is 10.8. The maximum absolute atomic E-state index is 5.10. The SMILES string of the molecule is CCNC(=S)SC[Si](C)(C)C. The largest absolute Gasteiger partial charge is 0.371 e. The number of rotatable bonds is 3. The Labute approximate surface area is 80.3 Å².